The van der Waals surface area contributed by atoms with Crippen LogP contribution in [0.4, 0.5) is 17.6 Å². The summed E-state index contributed by atoms with van der Waals surface area (Å²) in [5.74, 6) is -0.682. The van der Waals surface area contributed by atoms with E-state index in [-0.39, 0.29) is 5.56 Å². The first kappa shape index (κ1) is 13.9. The zero-order valence-corrected chi connectivity index (χ0v) is 9.40. The number of rotatable bonds is 3. The van der Waals surface area contributed by atoms with Crippen LogP contribution in [-0.2, 0) is 20.9 Å². The summed E-state index contributed by atoms with van der Waals surface area (Å²) in [6.07, 6.45) is 0. The Morgan fingerprint density at radius 1 is 1.29 bits per heavy atom. The van der Waals surface area contributed by atoms with Crippen LogP contribution in [0.2, 0.25) is 0 Å². The number of alkyl halides is 3. The second-order valence-corrected chi connectivity index (χ2v) is 4.84. The van der Waals surface area contributed by atoms with Crippen LogP contribution in [0.15, 0.2) is 18.2 Å². The number of hydrogen-bond donors (Lipinski definition) is 0. The van der Waals surface area contributed by atoms with Crippen LogP contribution in [0, 0.1) is 12.7 Å². The van der Waals surface area contributed by atoms with Gasteiger partial charge in [-0.1, -0.05) is 6.07 Å². The Kier molecular flexibility index (Phi) is 3.78. The average molecular weight is 272 g/mol. The van der Waals surface area contributed by atoms with Crippen molar-refractivity contribution in [1.82, 2.24) is 0 Å². The van der Waals surface area contributed by atoms with Gasteiger partial charge in [0.25, 0.3) is 0 Å². The molecule has 0 N–H and O–H groups in total. The predicted molar refractivity (Wildman–Crippen MR) is 50.9 cm³/mol. The molecule has 1 aromatic carbocycles. The molecule has 0 heterocycles. The molecule has 17 heavy (non-hydrogen) atoms. The molecule has 0 aliphatic carbocycles. The maximum absolute atomic E-state index is 12.8. The molecule has 0 bridgehead atoms. The molecule has 0 radical (unpaired) electrons. The molecule has 0 saturated heterocycles. The summed E-state index contributed by atoms with van der Waals surface area (Å²) in [6.45, 7) is 0.643. The Hall–Kier alpha value is -1.15. The third kappa shape index (κ3) is 3.40. The van der Waals surface area contributed by atoms with Crippen molar-refractivity contribution in [2.45, 2.75) is 19.0 Å². The molecule has 0 spiro atoms. The third-order valence-corrected chi connectivity index (χ3v) is 2.96. The highest BCUT2D eigenvalue weighted by molar-refractivity contribution is 7.87. The van der Waals surface area contributed by atoms with E-state index in [1.54, 1.807) is 0 Å². The summed E-state index contributed by atoms with van der Waals surface area (Å²) in [4.78, 5) is 0. The van der Waals surface area contributed by atoms with E-state index < -0.39 is 28.1 Å². The topological polar surface area (TPSA) is 43.4 Å². The summed E-state index contributed by atoms with van der Waals surface area (Å²) in [5, 5.41) is 0. The van der Waals surface area contributed by atoms with Gasteiger partial charge in [0, 0.05) is 0 Å². The first-order valence-corrected chi connectivity index (χ1v) is 5.75. The van der Waals surface area contributed by atoms with Gasteiger partial charge in [0.05, 0.1) is 6.61 Å². The van der Waals surface area contributed by atoms with Gasteiger partial charge < -0.3 is 0 Å². The number of halogens is 4. The highest BCUT2D eigenvalue weighted by atomic mass is 32.2. The number of benzene rings is 1. The summed E-state index contributed by atoms with van der Waals surface area (Å²) in [6, 6.07) is 3.34. The molecule has 0 atom stereocenters. The highest BCUT2D eigenvalue weighted by Crippen LogP contribution is 2.26. The third-order valence-electron chi connectivity index (χ3n) is 1.96. The van der Waals surface area contributed by atoms with Gasteiger partial charge in [-0.3, -0.25) is 4.18 Å². The van der Waals surface area contributed by atoms with Crippen molar-refractivity contribution in [2.24, 2.45) is 0 Å². The predicted octanol–water partition coefficient (Wildman–Crippen LogP) is 2.50. The van der Waals surface area contributed by atoms with E-state index in [4.69, 9.17) is 0 Å². The van der Waals surface area contributed by atoms with Crippen LogP contribution in [0.25, 0.3) is 0 Å². The van der Waals surface area contributed by atoms with Crippen LogP contribution >= 0.6 is 0 Å². The molecule has 0 aliphatic rings. The van der Waals surface area contributed by atoms with E-state index in [1.807, 2.05) is 0 Å². The molecule has 0 aromatic heterocycles. The summed E-state index contributed by atoms with van der Waals surface area (Å²) >= 11 is 0. The fourth-order valence-electron chi connectivity index (χ4n) is 1.00. The van der Waals surface area contributed by atoms with Crippen molar-refractivity contribution in [1.29, 1.82) is 0 Å². The van der Waals surface area contributed by atoms with Crippen LogP contribution in [0.1, 0.15) is 11.1 Å². The van der Waals surface area contributed by atoms with Crippen molar-refractivity contribution in [2.75, 3.05) is 0 Å². The van der Waals surface area contributed by atoms with Gasteiger partial charge in [-0.2, -0.15) is 21.6 Å². The van der Waals surface area contributed by atoms with E-state index >= 15 is 0 Å². The Morgan fingerprint density at radius 3 is 2.41 bits per heavy atom. The summed E-state index contributed by atoms with van der Waals surface area (Å²) in [5.41, 5.74) is -5.00. The smallest absolute Gasteiger partial charge is 0.258 e. The largest absolute Gasteiger partial charge is 0.523 e. The zero-order valence-electron chi connectivity index (χ0n) is 8.58. The molecule has 96 valence electrons. The Morgan fingerprint density at radius 2 is 1.88 bits per heavy atom. The lowest BCUT2D eigenvalue weighted by molar-refractivity contribution is -0.0548. The standard InChI is InChI=1S/C9H8F4O3S/c1-6-2-3-8(10)4-7(6)5-16-17(14,15)9(11,12)13/h2-4H,5H2,1H3. The van der Waals surface area contributed by atoms with Gasteiger partial charge in [-0.15, -0.1) is 0 Å². The lowest BCUT2D eigenvalue weighted by Crippen LogP contribution is -2.25. The van der Waals surface area contributed by atoms with Gasteiger partial charge >= 0.3 is 15.6 Å². The number of hydrogen-bond acceptors (Lipinski definition) is 3. The first-order valence-electron chi connectivity index (χ1n) is 4.34. The summed E-state index contributed by atoms with van der Waals surface area (Å²) in [7, 11) is -5.65. The van der Waals surface area contributed by atoms with Crippen LogP contribution in [-0.4, -0.2) is 13.9 Å². The first-order chi connectivity index (χ1) is 7.63. The minimum absolute atomic E-state index is 0.0397. The maximum atomic E-state index is 12.8. The molecule has 0 saturated carbocycles. The molecule has 1 rings (SSSR count). The van der Waals surface area contributed by atoms with Crippen molar-refractivity contribution >= 4 is 10.1 Å². The van der Waals surface area contributed by atoms with E-state index in [1.165, 1.54) is 13.0 Å². The molecular formula is C9H8F4O3S. The maximum Gasteiger partial charge on any atom is 0.523 e. The fraction of sp³-hybridized carbons (Fsp3) is 0.333. The van der Waals surface area contributed by atoms with Gasteiger partial charge in [0.2, 0.25) is 0 Å². The average Bonchev–Trinajstić information content (AvgIpc) is 2.18. The second-order valence-electron chi connectivity index (χ2n) is 3.23. The Balaban J connectivity index is 2.85. The van der Waals surface area contributed by atoms with E-state index in [0.29, 0.717) is 5.56 Å². The van der Waals surface area contributed by atoms with Gasteiger partial charge in [-0.05, 0) is 30.2 Å². The van der Waals surface area contributed by atoms with E-state index in [9.17, 15) is 26.0 Å². The van der Waals surface area contributed by atoms with Crippen molar-refractivity contribution < 1.29 is 30.2 Å². The Labute approximate surface area is 95.1 Å². The van der Waals surface area contributed by atoms with Crippen molar-refractivity contribution in [3.63, 3.8) is 0 Å². The zero-order chi connectivity index (χ0) is 13.3. The SMILES string of the molecule is Cc1ccc(F)cc1COS(=O)(=O)C(F)(F)F. The molecule has 0 amide bonds. The van der Waals surface area contributed by atoms with E-state index in [0.717, 1.165) is 12.1 Å². The molecule has 8 heteroatoms. The monoisotopic (exact) mass is 272 g/mol. The second kappa shape index (κ2) is 4.61. The van der Waals surface area contributed by atoms with Gasteiger partial charge in [0.1, 0.15) is 5.82 Å². The normalized spacial score (nSPS) is 12.8. The highest BCUT2D eigenvalue weighted by Gasteiger charge is 2.47. The number of aryl methyl sites for hydroxylation is 1. The van der Waals surface area contributed by atoms with Crippen LogP contribution in [0.5, 0.6) is 0 Å². The fourth-order valence-corrected chi connectivity index (χ4v) is 1.42. The van der Waals surface area contributed by atoms with Gasteiger partial charge in [0.15, 0.2) is 0 Å². The molecule has 0 aliphatic heterocycles. The molecule has 0 fully saturated rings. The molecule has 3 nitrogen and oxygen atoms in total. The van der Waals surface area contributed by atoms with Crippen LogP contribution in [0.3, 0.4) is 0 Å². The van der Waals surface area contributed by atoms with Crippen molar-refractivity contribution in [3.05, 3.63) is 35.1 Å². The van der Waals surface area contributed by atoms with Crippen LogP contribution < -0.4 is 0 Å². The quantitative estimate of drug-likeness (QED) is 0.482. The lowest BCUT2D eigenvalue weighted by Gasteiger charge is -2.09. The van der Waals surface area contributed by atoms with Crippen molar-refractivity contribution in [3.8, 4) is 0 Å². The van der Waals surface area contributed by atoms with E-state index in [2.05, 4.69) is 4.18 Å². The molecule has 0 unspecified atom stereocenters. The lowest BCUT2D eigenvalue weighted by atomic mass is 10.1. The summed E-state index contributed by atoms with van der Waals surface area (Å²) < 4.78 is 73.5. The Bertz CT molecular complexity index is 507. The molecular weight excluding hydrogens is 264 g/mol. The molecule has 1 aromatic rings. The minimum atomic E-state index is -5.65. The minimum Gasteiger partial charge on any atom is -0.258 e. The van der Waals surface area contributed by atoms with Gasteiger partial charge in [-0.25, -0.2) is 4.39 Å².